The molecule has 0 saturated carbocycles. The average molecular weight is 493 g/mol. The minimum absolute atomic E-state index is 0.321. The molecule has 3 aromatic carbocycles. The van der Waals surface area contributed by atoms with Crippen LogP contribution in [-0.2, 0) is 10.0 Å². The first-order valence-corrected chi connectivity index (χ1v) is 13.3. The molecule has 34 heavy (non-hydrogen) atoms. The predicted octanol–water partition coefficient (Wildman–Crippen LogP) is 6.06. The first kappa shape index (κ1) is 22.6. The van der Waals surface area contributed by atoms with E-state index in [4.69, 9.17) is 14.5 Å². The molecule has 0 unspecified atom stereocenters. The lowest BCUT2D eigenvalue weighted by atomic mass is 10.2. The molecule has 1 fully saturated rings. The first-order valence-electron chi connectivity index (χ1n) is 11.0. The smallest absolute Gasteiger partial charge is 0.243 e. The maximum absolute atomic E-state index is 12.9. The van der Waals surface area contributed by atoms with Crippen LogP contribution in [0, 0.1) is 0 Å². The van der Waals surface area contributed by atoms with Gasteiger partial charge in [0.15, 0.2) is 0 Å². The molecule has 4 aromatic rings. The highest BCUT2D eigenvalue weighted by molar-refractivity contribution is 7.89. The molecule has 6 nitrogen and oxygen atoms in total. The summed E-state index contributed by atoms with van der Waals surface area (Å²) in [5, 5.41) is 2.82. The van der Waals surface area contributed by atoms with E-state index in [1.54, 1.807) is 29.6 Å². The van der Waals surface area contributed by atoms with E-state index in [9.17, 15) is 8.42 Å². The van der Waals surface area contributed by atoms with Crippen molar-refractivity contribution in [1.82, 2.24) is 9.29 Å². The molecule has 0 radical (unpaired) electrons. The Morgan fingerprint density at radius 2 is 1.50 bits per heavy atom. The molecule has 0 aliphatic carbocycles. The molecule has 1 saturated heterocycles. The molecule has 0 amide bonds. The van der Waals surface area contributed by atoms with Gasteiger partial charge in [-0.1, -0.05) is 12.1 Å². The number of ether oxygens (including phenoxy) is 2. The van der Waals surface area contributed by atoms with Crippen molar-refractivity contribution < 1.29 is 17.9 Å². The summed E-state index contributed by atoms with van der Waals surface area (Å²) >= 11 is 1.52. The Kier molecular flexibility index (Phi) is 6.36. The third-order valence-corrected chi connectivity index (χ3v) is 8.52. The van der Waals surface area contributed by atoms with Gasteiger partial charge in [-0.25, -0.2) is 13.4 Å². The van der Waals surface area contributed by atoms with Gasteiger partial charge in [0, 0.05) is 29.6 Å². The molecule has 1 aliphatic rings. The van der Waals surface area contributed by atoms with Gasteiger partial charge in [-0.3, -0.25) is 0 Å². The number of hydrogen-bond donors (Lipinski definition) is 0. The third kappa shape index (κ3) is 4.70. The summed E-state index contributed by atoms with van der Waals surface area (Å²) in [5.41, 5.74) is 2.53. The maximum Gasteiger partial charge on any atom is 0.243 e. The van der Waals surface area contributed by atoms with E-state index in [0.717, 1.165) is 51.9 Å². The van der Waals surface area contributed by atoms with Crippen LogP contribution < -0.4 is 9.47 Å². The van der Waals surface area contributed by atoms with Crippen molar-refractivity contribution in [3.63, 3.8) is 0 Å². The predicted molar refractivity (Wildman–Crippen MR) is 134 cm³/mol. The van der Waals surface area contributed by atoms with Crippen molar-refractivity contribution in [2.24, 2.45) is 0 Å². The van der Waals surface area contributed by atoms with Crippen molar-refractivity contribution in [2.45, 2.75) is 17.7 Å². The van der Waals surface area contributed by atoms with Crippen molar-refractivity contribution >= 4 is 21.4 Å². The van der Waals surface area contributed by atoms with Crippen LogP contribution in [0.2, 0.25) is 0 Å². The van der Waals surface area contributed by atoms with E-state index in [0.29, 0.717) is 18.0 Å². The quantitative estimate of drug-likeness (QED) is 0.314. The highest BCUT2D eigenvalue weighted by atomic mass is 32.2. The van der Waals surface area contributed by atoms with E-state index in [1.165, 1.54) is 11.3 Å². The van der Waals surface area contributed by atoms with Crippen LogP contribution in [0.4, 0.5) is 0 Å². The van der Waals surface area contributed by atoms with Crippen LogP contribution >= 0.6 is 11.3 Å². The minimum Gasteiger partial charge on any atom is -0.497 e. The lowest BCUT2D eigenvalue weighted by Crippen LogP contribution is -2.27. The van der Waals surface area contributed by atoms with Crippen LogP contribution in [0.25, 0.3) is 21.8 Å². The molecule has 2 heterocycles. The molecule has 0 atom stereocenters. The Morgan fingerprint density at radius 1 is 0.853 bits per heavy atom. The van der Waals surface area contributed by atoms with Gasteiger partial charge in [-0.2, -0.15) is 4.31 Å². The van der Waals surface area contributed by atoms with Crippen molar-refractivity contribution in [1.29, 1.82) is 0 Å². The van der Waals surface area contributed by atoms with Crippen LogP contribution in [0.15, 0.2) is 83.1 Å². The van der Waals surface area contributed by atoms with E-state index < -0.39 is 10.0 Å². The van der Waals surface area contributed by atoms with Crippen molar-refractivity contribution in [3.8, 4) is 39.1 Å². The molecule has 174 valence electrons. The summed E-state index contributed by atoms with van der Waals surface area (Å²) in [6, 6.07) is 22.2. The van der Waals surface area contributed by atoms with E-state index >= 15 is 0 Å². The number of nitrogens with zero attached hydrogens (tertiary/aromatic N) is 2. The van der Waals surface area contributed by atoms with Gasteiger partial charge in [0.05, 0.1) is 17.7 Å². The fourth-order valence-corrected chi connectivity index (χ4v) is 6.28. The number of thiazole rings is 1. The van der Waals surface area contributed by atoms with Crippen LogP contribution in [0.5, 0.6) is 17.2 Å². The molecular weight excluding hydrogens is 468 g/mol. The van der Waals surface area contributed by atoms with E-state index in [1.807, 2.05) is 60.0 Å². The Hall–Kier alpha value is -3.20. The largest absolute Gasteiger partial charge is 0.497 e. The van der Waals surface area contributed by atoms with Crippen LogP contribution in [0.1, 0.15) is 12.8 Å². The fourth-order valence-electron chi connectivity index (χ4n) is 3.88. The number of benzene rings is 3. The molecule has 0 spiro atoms. The lowest BCUT2D eigenvalue weighted by Gasteiger charge is -2.15. The normalized spacial score (nSPS) is 14.3. The second kappa shape index (κ2) is 9.58. The van der Waals surface area contributed by atoms with Gasteiger partial charge in [0.25, 0.3) is 0 Å². The van der Waals surface area contributed by atoms with Crippen molar-refractivity contribution in [3.05, 3.63) is 78.2 Å². The summed E-state index contributed by atoms with van der Waals surface area (Å²) in [6.45, 7) is 1.18. The van der Waals surface area contributed by atoms with Gasteiger partial charge in [0.1, 0.15) is 22.3 Å². The topological polar surface area (TPSA) is 68.7 Å². The molecule has 1 aromatic heterocycles. The summed E-state index contributed by atoms with van der Waals surface area (Å²) in [7, 11) is -1.83. The molecule has 8 heteroatoms. The van der Waals surface area contributed by atoms with Gasteiger partial charge >= 0.3 is 0 Å². The number of aromatic nitrogens is 1. The molecule has 5 rings (SSSR count). The Balaban J connectivity index is 1.33. The van der Waals surface area contributed by atoms with Gasteiger partial charge in [-0.15, -0.1) is 11.3 Å². The second-order valence-corrected chi connectivity index (χ2v) is 10.8. The first-order chi connectivity index (χ1) is 16.5. The number of methoxy groups -OCH3 is 1. The van der Waals surface area contributed by atoms with Crippen LogP contribution in [0.3, 0.4) is 0 Å². The monoisotopic (exact) mass is 492 g/mol. The summed E-state index contributed by atoms with van der Waals surface area (Å²) < 4.78 is 38.5. The molecular formula is C26H24N2O4S2. The highest BCUT2D eigenvalue weighted by Crippen LogP contribution is 2.32. The highest BCUT2D eigenvalue weighted by Gasteiger charge is 2.27. The third-order valence-electron chi connectivity index (χ3n) is 5.73. The van der Waals surface area contributed by atoms with Crippen molar-refractivity contribution in [2.75, 3.05) is 20.2 Å². The number of sulfonamides is 1. The summed E-state index contributed by atoms with van der Waals surface area (Å²) in [4.78, 5) is 5.08. The number of hydrogen-bond acceptors (Lipinski definition) is 6. The maximum atomic E-state index is 12.9. The zero-order valence-electron chi connectivity index (χ0n) is 18.7. The SMILES string of the molecule is COc1ccc(Oc2ccc(-c3nc(-c4cccc(S(=O)(=O)N5CCCC5)c4)cs3)cc2)cc1. The van der Waals surface area contributed by atoms with Gasteiger partial charge < -0.3 is 9.47 Å². The second-order valence-electron chi connectivity index (χ2n) is 7.98. The Labute approximate surface area is 203 Å². The molecule has 0 N–H and O–H groups in total. The van der Waals surface area contributed by atoms with E-state index in [-0.39, 0.29) is 0 Å². The zero-order valence-corrected chi connectivity index (χ0v) is 20.3. The van der Waals surface area contributed by atoms with Gasteiger partial charge in [0.2, 0.25) is 10.0 Å². The lowest BCUT2D eigenvalue weighted by molar-refractivity contribution is 0.413. The fraction of sp³-hybridized carbons (Fsp3) is 0.192. The minimum atomic E-state index is -3.46. The molecule has 0 bridgehead atoms. The summed E-state index contributed by atoms with van der Waals surface area (Å²) in [5.74, 6) is 2.24. The zero-order chi connectivity index (χ0) is 23.5. The van der Waals surface area contributed by atoms with Crippen LogP contribution in [-0.4, -0.2) is 37.9 Å². The summed E-state index contributed by atoms with van der Waals surface area (Å²) in [6.07, 6.45) is 1.83. The average Bonchev–Trinajstić information content (AvgIpc) is 3.58. The Morgan fingerprint density at radius 3 is 2.18 bits per heavy atom. The standard InChI is InChI=1S/C26H24N2O4S2/c1-31-21-11-13-23(14-12-21)32-22-9-7-19(8-10-22)26-27-25(18-33-26)20-5-4-6-24(17-20)34(29,30)28-15-2-3-16-28/h4-14,17-18H,2-3,15-16H2,1H3. The molecule has 1 aliphatic heterocycles. The Bertz CT molecular complexity index is 1380. The number of rotatable bonds is 7. The van der Waals surface area contributed by atoms with Gasteiger partial charge in [-0.05, 0) is 73.5 Å². The van der Waals surface area contributed by atoms with E-state index in [2.05, 4.69) is 0 Å².